The number of aromatic nitrogens is 1. The molecule has 0 aliphatic carbocycles. The fraction of sp³-hybridized carbons (Fsp3) is 0.231. The summed E-state index contributed by atoms with van der Waals surface area (Å²) in [5.74, 6) is -2.36. The molecule has 0 amide bonds. The smallest absolute Gasteiger partial charge is 0.353 e. The lowest BCUT2D eigenvalue weighted by atomic mass is 10.2. The number of rotatable bonds is 4. The summed E-state index contributed by atoms with van der Waals surface area (Å²) in [6.07, 6.45) is 0. The number of halogens is 2. The first-order valence-electron chi connectivity index (χ1n) is 6.06. The van der Waals surface area contributed by atoms with Gasteiger partial charge in [-0.25, -0.2) is 9.18 Å². The van der Waals surface area contributed by atoms with E-state index in [1.165, 1.54) is 19.1 Å². The molecule has 1 aromatic heterocycles. The number of nitrogens with one attached hydrogen (secondary N) is 1. The highest BCUT2D eigenvalue weighted by molar-refractivity contribution is 7.68. The van der Waals surface area contributed by atoms with Crippen LogP contribution in [0.5, 0.6) is 0 Å². The lowest BCUT2D eigenvalue weighted by Gasteiger charge is -2.18. The molecule has 2 atom stereocenters. The number of benzene rings is 1. The third-order valence-corrected chi connectivity index (χ3v) is 6.36. The van der Waals surface area contributed by atoms with E-state index in [-0.39, 0.29) is 21.2 Å². The van der Waals surface area contributed by atoms with E-state index in [9.17, 15) is 18.9 Å². The van der Waals surface area contributed by atoms with Gasteiger partial charge in [-0.1, -0.05) is 11.6 Å². The van der Waals surface area contributed by atoms with Gasteiger partial charge in [0.2, 0.25) is 0 Å². The number of H-pyrrole nitrogens is 1. The third kappa shape index (κ3) is 2.30. The van der Waals surface area contributed by atoms with Crippen molar-refractivity contribution in [2.75, 3.05) is 7.11 Å². The monoisotopic (exact) mass is 344 g/mol. The van der Waals surface area contributed by atoms with Crippen molar-refractivity contribution in [2.24, 2.45) is 0 Å². The average Bonchev–Trinajstić information content (AvgIpc) is 2.90. The van der Waals surface area contributed by atoms with E-state index in [0.29, 0.717) is 0 Å². The second-order valence-corrected chi connectivity index (χ2v) is 7.71. The summed E-state index contributed by atoms with van der Waals surface area (Å²) in [4.78, 5) is 13.9. The Balaban J connectivity index is 3.01. The number of aromatic amines is 1. The zero-order chi connectivity index (χ0) is 16.7. The minimum atomic E-state index is -3.95. The van der Waals surface area contributed by atoms with Gasteiger partial charge in [0.25, 0.3) is 7.37 Å². The molecule has 9 heteroatoms. The molecule has 0 aliphatic rings. The number of carbonyl (C=O) groups is 1. The summed E-state index contributed by atoms with van der Waals surface area (Å²) in [6, 6.07) is 4.37. The molecule has 0 fully saturated rings. The summed E-state index contributed by atoms with van der Waals surface area (Å²) >= 11 is 5.72. The van der Waals surface area contributed by atoms with Gasteiger partial charge in [0.05, 0.1) is 21.8 Å². The van der Waals surface area contributed by atoms with Gasteiger partial charge in [-0.2, -0.15) is 5.26 Å². The molecule has 2 unspecified atom stereocenters. The van der Waals surface area contributed by atoms with E-state index >= 15 is 0 Å². The van der Waals surface area contributed by atoms with Crippen molar-refractivity contribution in [3.8, 4) is 6.07 Å². The molecule has 0 saturated carbocycles. The normalized spacial score (nSPS) is 15.2. The number of nitrogens with zero attached hydrogens (tertiary/aromatic N) is 1. The second kappa shape index (κ2) is 5.73. The maximum absolute atomic E-state index is 14.4. The molecule has 1 heterocycles. The molecule has 22 heavy (non-hydrogen) atoms. The van der Waals surface area contributed by atoms with Crippen LogP contribution in [0.25, 0.3) is 10.9 Å². The number of nitriles is 1. The predicted molar refractivity (Wildman–Crippen MR) is 79.6 cm³/mol. The van der Waals surface area contributed by atoms with Crippen molar-refractivity contribution in [3.05, 3.63) is 28.7 Å². The van der Waals surface area contributed by atoms with Crippen molar-refractivity contribution < 1.29 is 23.4 Å². The number of hydrogen-bond donors (Lipinski definition) is 2. The first kappa shape index (κ1) is 16.5. The van der Waals surface area contributed by atoms with Crippen LogP contribution in [0.2, 0.25) is 5.02 Å². The van der Waals surface area contributed by atoms with Crippen molar-refractivity contribution >= 4 is 41.1 Å². The zero-order valence-electron chi connectivity index (χ0n) is 11.6. The Morgan fingerprint density at radius 1 is 1.59 bits per heavy atom. The van der Waals surface area contributed by atoms with Crippen LogP contribution in [0.3, 0.4) is 0 Å². The summed E-state index contributed by atoms with van der Waals surface area (Å²) in [5, 5.41) is 17.5. The topological polar surface area (TPSA) is 103 Å². The molecule has 1 aromatic carbocycles. The standard InChI is InChI=1S/C13H11ClFN2O4P/c1-6(5-16)22(20,21-2)12-9-8(17-11(12)13(18)19)4-3-7(14)10(9)15/h3-4,6,17H,1-2H3,(H,18,19). The first-order valence-corrected chi connectivity index (χ1v) is 8.13. The molecule has 6 nitrogen and oxygen atoms in total. The second-order valence-electron chi connectivity index (χ2n) is 4.52. The average molecular weight is 345 g/mol. The van der Waals surface area contributed by atoms with Gasteiger partial charge in [0.1, 0.15) is 11.4 Å². The molecule has 2 aromatic rings. The van der Waals surface area contributed by atoms with Gasteiger partial charge in [0, 0.05) is 12.6 Å². The van der Waals surface area contributed by atoms with E-state index in [2.05, 4.69) is 4.98 Å². The van der Waals surface area contributed by atoms with Gasteiger partial charge in [-0.15, -0.1) is 0 Å². The van der Waals surface area contributed by atoms with Crippen LogP contribution in [0.15, 0.2) is 12.1 Å². The predicted octanol–water partition coefficient (Wildman–Crippen LogP) is 3.12. The van der Waals surface area contributed by atoms with E-state index in [1.807, 2.05) is 0 Å². The van der Waals surface area contributed by atoms with Gasteiger partial charge >= 0.3 is 5.97 Å². The lowest BCUT2D eigenvalue weighted by molar-refractivity contribution is 0.0692. The van der Waals surface area contributed by atoms with Gasteiger partial charge in [0.15, 0.2) is 5.82 Å². The van der Waals surface area contributed by atoms with E-state index in [4.69, 9.17) is 21.4 Å². The van der Waals surface area contributed by atoms with Crippen molar-refractivity contribution in [1.29, 1.82) is 5.26 Å². The molecule has 0 bridgehead atoms. The Hall–Kier alpha value is -1.87. The fourth-order valence-corrected chi connectivity index (χ4v) is 4.38. The fourth-order valence-electron chi connectivity index (χ4n) is 2.19. The Kier molecular flexibility index (Phi) is 4.30. The van der Waals surface area contributed by atoms with Crippen LogP contribution in [-0.4, -0.2) is 28.8 Å². The number of fused-ring (bicyclic) bond motifs is 1. The Bertz CT molecular complexity index is 858. The number of carboxylic acids is 1. The Morgan fingerprint density at radius 3 is 2.73 bits per heavy atom. The van der Waals surface area contributed by atoms with Crippen molar-refractivity contribution in [3.63, 3.8) is 0 Å². The lowest BCUT2D eigenvalue weighted by Crippen LogP contribution is -2.21. The number of aromatic carboxylic acids is 1. The third-order valence-electron chi connectivity index (χ3n) is 3.32. The van der Waals surface area contributed by atoms with Crippen LogP contribution >= 0.6 is 19.0 Å². The van der Waals surface area contributed by atoms with Crippen LogP contribution in [0.1, 0.15) is 17.4 Å². The molecule has 2 rings (SSSR count). The Morgan fingerprint density at radius 2 is 2.23 bits per heavy atom. The van der Waals surface area contributed by atoms with Gasteiger partial charge < -0.3 is 14.6 Å². The summed E-state index contributed by atoms with van der Waals surface area (Å²) < 4.78 is 32.4. The minimum Gasteiger partial charge on any atom is -0.477 e. The molecule has 116 valence electrons. The summed E-state index contributed by atoms with van der Waals surface area (Å²) in [6.45, 7) is 1.32. The van der Waals surface area contributed by atoms with Crippen LogP contribution < -0.4 is 5.30 Å². The van der Waals surface area contributed by atoms with Gasteiger partial charge in [-0.3, -0.25) is 4.57 Å². The van der Waals surface area contributed by atoms with Gasteiger partial charge in [-0.05, 0) is 19.1 Å². The number of carboxylic acid groups (broad SMARTS) is 1. The molecule has 0 spiro atoms. The highest BCUT2D eigenvalue weighted by atomic mass is 35.5. The number of hydrogen-bond acceptors (Lipinski definition) is 4. The maximum atomic E-state index is 14.4. The van der Waals surface area contributed by atoms with Crippen molar-refractivity contribution in [2.45, 2.75) is 12.6 Å². The quantitative estimate of drug-likeness (QED) is 0.829. The highest BCUT2D eigenvalue weighted by Gasteiger charge is 2.40. The molecule has 2 N–H and O–H groups in total. The maximum Gasteiger partial charge on any atom is 0.353 e. The van der Waals surface area contributed by atoms with Crippen LogP contribution in [0, 0.1) is 17.1 Å². The summed E-state index contributed by atoms with van der Waals surface area (Å²) in [5.41, 5.74) is -1.53. The highest BCUT2D eigenvalue weighted by Crippen LogP contribution is 2.52. The molecule has 0 saturated heterocycles. The molecule has 0 radical (unpaired) electrons. The largest absolute Gasteiger partial charge is 0.477 e. The molecular weight excluding hydrogens is 334 g/mol. The molecule has 0 aliphatic heterocycles. The SMILES string of the molecule is COP(=O)(c1c(C(=O)O)[nH]c2ccc(Cl)c(F)c12)C(C)C#N. The Labute approximate surface area is 129 Å². The van der Waals surface area contributed by atoms with Crippen LogP contribution in [0.4, 0.5) is 4.39 Å². The minimum absolute atomic E-state index is 0.108. The first-order chi connectivity index (χ1) is 10.3. The summed E-state index contributed by atoms with van der Waals surface area (Å²) in [7, 11) is -2.87. The van der Waals surface area contributed by atoms with E-state index in [1.54, 1.807) is 6.07 Å². The zero-order valence-corrected chi connectivity index (χ0v) is 13.2. The van der Waals surface area contributed by atoms with E-state index in [0.717, 1.165) is 7.11 Å². The molecular formula is C13H11ClFN2O4P. The van der Waals surface area contributed by atoms with Crippen LogP contribution in [-0.2, 0) is 9.09 Å². The van der Waals surface area contributed by atoms with Crippen molar-refractivity contribution in [1.82, 2.24) is 4.98 Å². The van der Waals surface area contributed by atoms with E-state index < -0.39 is 30.5 Å².